The Balaban J connectivity index is 0.000000182. The summed E-state index contributed by atoms with van der Waals surface area (Å²) in [4.78, 5) is 26.8. The molecule has 4 N–H and O–H groups in total. The Labute approximate surface area is 293 Å². The number of carbonyl (C=O) groups excluding carboxylic acids is 1. The highest BCUT2D eigenvalue weighted by atomic mass is 16.3. The van der Waals surface area contributed by atoms with Gasteiger partial charge >= 0.3 is 0 Å². The van der Waals surface area contributed by atoms with E-state index in [0.717, 1.165) is 52.6 Å². The summed E-state index contributed by atoms with van der Waals surface area (Å²) in [5.74, 6) is 4.27. The van der Waals surface area contributed by atoms with Gasteiger partial charge in [0.05, 0.1) is 0 Å². The van der Waals surface area contributed by atoms with Crippen LogP contribution < -0.4 is 11.1 Å². The number of aromatic nitrogens is 1. The van der Waals surface area contributed by atoms with Crippen molar-refractivity contribution in [2.75, 3.05) is 78.5 Å². The normalized spacial score (nSPS) is 30.9. The van der Waals surface area contributed by atoms with Gasteiger partial charge in [-0.1, -0.05) is 39.5 Å². The maximum Gasteiger partial charge on any atom is 0.267 e. The SMILES string of the molecule is CC(C)c1cc2ccc3[nH]c(C(=O)NC4[C@H]5CN(CCN6CCCCCC6)C[C@@H]45)cc3c2o1.NC1[C@H]2CN(CCN3CCCCCC3)C[C@@H]12. The van der Waals surface area contributed by atoms with Crippen LogP contribution in [0, 0.1) is 23.7 Å². The lowest BCUT2D eigenvalue weighted by Gasteiger charge is -2.25. The van der Waals surface area contributed by atoms with Crippen LogP contribution in [0.1, 0.15) is 87.4 Å². The monoisotopic (exact) mass is 671 g/mol. The van der Waals surface area contributed by atoms with Gasteiger partial charge < -0.3 is 40.1 Å². The Morgan fingerprint density at radius 1 is 0.776 bits per heavy atom. The largest absolute Gasteiger partial charge is 0.460 e. The fraction of sp³-hybridized carbons (Fsp3) is 0.725. The van der Waals surface area contributed by atoms with E-state index in [1.165, 1.54) is 117 Å². The summed E-state index contributed by atoms with van der Waals surface area (Å²) in [6.45, 7) is 19.2. The number of likely N-dealkylation sites (tertiary alicyclic amines) is 4. The average molecular weight is 672 g/mol. The molecule has 2 aromatic heterocycles. The second-order valence-electron chi connectivity index (χ2n) is 16.7. The molecule has 1 aromatic carbocycles. The minimum atomic E-state index is 0.00510. The van der Waals surface area contributed by atoms with Crippen LogP contribution in [0.15, 0.2) is 28.7 Å². The second kappa shape index (κ2) is 14.7. The zero-order valence-corrected chi connectivity index (χ0v) is 30.2. The van der Waals surface area contributed by atoms with E-state index in [1.54, 1.807) is 0 Å². The molecule has 3 aromatic rings. The predicted molar refractivity (Wildman–Crippen MR) is 198 cm³/mol. The Morgan fingerprint density at radius 3 is 1.86 bits per heavy atom. The number of furan rings is 1. The fourth-order valence-corrected chi connectivity index (χ4v) is 9.50. The number of hydrogen-bond acceptors (Lipinski definition) is 7. The van der Waals surface area contributed by atoms with Crippen LogP contribution in [-0.2, 0) is 0 Å². The molecule has 6 atom stereocenters. The molecule has 4 saturated heterocycles. The number of H-pyrrole nitrogens is 1. The van der Waals surface area contributed by atoms with E-state index < -0.39 is 0 Å². The molecule has 9 rings (SSSR count). The van der Waals surface area contributed by atoms with Gasteiger partial charge in [-0.15, -0.1) is 0 Å². The predicted octanol–water partition coefficient (Wildman–Crippen LogP) is 5.32. The van der Waals surface area contributed by atoms with Crippen LogP contribution in [-0.4, -0.2) is 121 Å². The van der Waals surface area contributed by atoms with Gasteiger partial charge in [0.25, 0.3) is 5.91 Å². The van der Waals surface area contributed by atoms with Crippen molar-refractivity contribution < 1.29 is 9.21 Å². The number of nitrogens with two attached hydrogens (primary N) is 1. The van der Waals surface area contributed by atoms with E-state index in [2.05, 4.69) is 55.9 Å². The van der Waals surface area contributed by atoms with Gasteiger partial charge in [-0.3, -0.25) is 4.79 Å². The summed E-state index contributed by atoms with van der Waals surface area (Å²) in [5, 5.41) is 5.38. The first-order valence-electron chi connectivity index (χ1n) is 19.9. The van der Waals surface area contributed by atoms with Crippen LogP contribution in [0.5, 0.6) is 0 Å². The second-order valence-corrected chi connectivity index (χ2v) is 16.7. The quantitative estimate of drug-likeness (QED) is 0.283. The van der Waals surface area contributed by atoms with E-state index in [-0.39, 0.29) is 5.91 Å². The van der Waals surface area contributed by atoms with Crippen molar-refractivity contribution in [2.45, 2.75) is 83.2 Å². The highest BCUT2D eigenvalue weighted by Crippen LogP contribution is 2.46. The third-order valence-electron chi connectivity index (χ3n) is 12.9. The van der Waals surface area contributed by atoms with E-state index in [4.69, 9.17) is 10.2 Å². The van der Waals surface area contributed by atoms with Crippen molar-refractivity contribution >= 4 is 27.8 Å². The summed E-state index contributed by atoms with van der Waals surface area (Å²) in [5.41, 5.74) is 8.41. The molecule has 268 valence electrons. The van der Waals surface area contributed by atoms with Crippen LogP contribution in [0.2, 0.25) is 0 Å². The molecule has 6 fully saturated rings. The van der Waals surface area contributed by atoms with Crippen molar-refractivity contribution in [3.8, 4) is 0 Å². The maximum atomic E-state index is 13.0. The van der Waals surface area contributed by atoms with Gasteiger partial charge in [-0.25, -0.2) is 0 Å². The van der Waals surface area contributed by atoms with Crippen molar-refractivity contribution in [3.05, 3.63) is 35.7 Å². The molecular formula is C40H61N7O2. The van der Waals surface area contributed by atoms with Gasteiger partial charge in [0, 0.05) is 86.6 Å². The van der Waals surface area contributed by atoms with Crippen molar-refractivity contribution in [1.29, 1.82) is 0 Å². The lowest BCUT2D eigenvalue weighted by Crippen LogP contribution is -2.39. The molecule has 9 nitrogen and oxygen atoms in total. The van der Waals surface area contributed by atoms with Gasteiger partial charge in [-0.2, -0.15) is 0 Å². The first-order chi connectivity index (χ1) is 23.9. The van der Waals surface area contributed by atoms with E-state index >= 15 is 0 Å². The van der Waals surface area contributed by atoms with Crippen LogP contribution >= 0.6 is 0 Å². The number of hydrogen-bond donors (Lipinski definition) is 3. The molecule has 0 spiro atoms. The average Bonchev–Trinajstić information content (AvgIpc) is 3.51. The lowest BCUT2D eigenvalue weighted by atomic mass is 10.1. The third kappa shape index (κ3) is 7.62. The summed E-state index contributed by atoms with van der Waals surface area (Å²) in [6.07, 6.45) is 11.2. The van der Waals surface area contributed by atoms with Crippen molar-refractivity contribution in [2.24, 2.45) is 29.4 Å². The standard InChI is InChI=1S/C27H36N4O2.C13H25N3/c1-17(2)24-13-18-7-8-22-19(26(18)33-24)14-23(28-22)27(32)29-25-20-15-31(16-21(20)25)12-11-30-9-5-3-4-6-10-30;14-13-11-9-16(10-12(11)13)8-7-15-5-3-1-2-4-6-15/h7-8,13-14,17,20-21,25,28H,3-6,9-12,15-16H2,1-2H3,(H,29,32);11-13H,1-10,14H2/t20-,21+,25?;11-,12+,13?. The van der Waals surface area contributed by atoms with E-state index in [1.807, 2.05) is 12.1 Å². The first-order valence-corrected chi connectivity index (χ1v) is 19.9. The molecule has 6 aliphatic rings. The smallest absolute Gasteiger partial charge is 0.267 e. The molecule has 2 unspecified atom stereocenters. The van der Waals surface area contributed by atoms with Gasteiger partial charge in [-0.05, 0) is 99.8 Å². The summed E-state index contributed by atoms with van der Waals surface area (Å²) in [6, 6.07) is 9.05. The Bertz CT molecular complexity index is 1540. The van der Waals surface area contributed by atoms with Crippen molar-refractivity contribution in [3.63, 3.8) is 0 Å². The first kappa shape index (κ1) is 33.7. The number of nitrogens with zero attached hydrogens (tertiary/aromatic N) is 4. The molecule has 49 heavy (non-hydrogen) atoms. The number of piperidine rings is 2. The van der Waals surface area contributed by atoms with E-state index in [0.29, 0.717) is 35.5 Å². The number of carbonyl (C=O) groups is 1. The maximum absolute atomic E-state index is 13.0. The number of rotatable bonds is 9. The van der Waals surface area contributed by atoms with Crippen molar-refractivity contribution in [1.82, 2.24) is 29.9 Å². The topological polar surface area (TPSA) is 97.0 Å². The molecule has 9 heteroatoms. The molecule has 6 heterocycles. The Kier molecular flexibility index (Phi) is 10.1. The Morgan fingerprint density at radius 2 is 1.31 bits per heavy atom. The summed E-state index contributed by atoms with van der Waals surface area (Å²) in [7, 11) is 0. The molecule has 1 amide bonds. The third-order valence-corrected chi connectivity index (χ3v) is 12.9. The van der Waals surface area contributed by atoms with Gasteiger partial charge in [0.2, 0.25) is 0 Å². The zero-order valence-electron chi connectivity index (χ0n) is 30.2. The van der Waals surface area contributed by atoms with Gasteiger partial charge in [0.1, 0.15) is 17.0 Å². The molecule has 4 aliphatic heterocycles. The Hall–Kier alpha value is -2.43. The minimum absolute atomic E-state index is 0.00510. The van der Waals surface area contributed by atoms with E-state index in [9.17, 15) is 4.79 Å². The highest BCUT2D eigenvalue weighted by molar-refractivity contribution is 6.07. The number of amides is 1. The summed E-state index contributed by atoms with van der Waals surface area (Å²) < 4.78 is 6.11. The molecule has 0 radical (unpaired) electrons. The molecule has 2 aliphatic carbocycles. The zero-order chi connectivity index (χ0) is 33.5. The van der Waals surface area contributed by atoms with Crippen LogP contribution in [0.3, 0.4) is 0 Å². The van der Waals surface area contributed by atoms with Crippen LogP contribution in [0.4, 0.5) is 0 Å². The lowest BCUT2D eigenvalue weighted by molar-refractivity contribution is 0.0938. The van der Waals surface area contributed by atoms with Crippen LogP contribution in [0.25, 0.3) is 21.9 Å². The summed E-state index contributed by atoms with van der Waals surface area (Å²) >= 11 is 0. The molecular weight excluding hydrogens is 610 g/mol. The number of nitrogens with one attached hydrogen (secondary N) is 2. The fourth-order valence-electron chi connectivity index (χ4n) is 9.50. The highest BCUT2D eigenvalue weighted by Gasteiger charge is 2.56. The number of fused-ring (bicyclic) bond motifs is 5. The number of benzene rings is 1. The molecule has 2 saturated carbocycles. The van der Waals surface area contributed by atoms with Gasteiger partial charge in [0.15, 0.2) is 0 Å². The minimum Gasteiger partial charge on any atom is -0.460 e. The molecule has 0 bridgehead atoms. The number of aromatic amines is 1.